The third-order valence-corrected chi connectivity index (χ3v) is 4.36. The van der Waals surface area contributed by atoms with E-state index in [1.54, 1.807) is 0 Å². The second kappa shape index (κ2) is 5.35. The predicted molar refractivity (Wildman–Crippen MR) is 70.3 cm³/mol. The highest BCUT2D eigenvalue weighted by atomic mass is 16.3. The molecule has 0 bridgehead atoms. The molecule has 1 heteroatoms. The minimum atomic E-state index is -0.488. The van der Waals surface area contributed by atoms with Gasteiger partial charge in [0.15, 0.2) is 0 Å². The molecule has 0 spiro atoms. The first-order chi connectivity index (χ1) is 7.41. The Morgan fingerprint density at radius 2 is 1.88 bits per heavy atom. The van der Waals surface area contributed by atoms with Gasteiger partial charge in [0.1, 0.15) is 0 Å². The van der Waals surface area contributed by atoms with E-state index in [-0.39, 0.29) is 5.92 Å². The molecule has 16 heavy (non-hydrogen) atoms. The van der Waals surface area contributed by atoms with Crippen molar-refractivity contribution in [3.8, 4) is 0 Å². The van der Waals surface area contributed by atoms with Crippen LogP contribution < -0.4 is 0 Å². The maximum Gasteiger partial charge on any atom is 0.0740 e. The summed E-state index contributed by atoms with van der Waals surface area (Å²) in [5.74, 6) is 1.96. The van der Waals surface area contributed by atoms with Crippen LogP contribution >= 0.6 is 0 Å². The van der Waals surface area contributed by atoms with Gasteiger partial charge in [-0.2, -0.15) is 0 Å². The van der Waals surface area contributed by atoms with Crippen molar-refractivity contribution in [2.75, 3.05) is 0 Å². The molecule has 0 heterocycles. The van der Waals surface area contributed by atoms with Crippen molar-refractivity contribution in [1.29, 1.82) is 0 Å². The van der Waals surface area contributed by atoms with Crippen molar-refractivity contribution < 1.29 is 5.11 Å². The molecule has 0 aromatic carbocycles. The fraction of sp³-hybridized carbons (Fsp3) is 0.867. The summed E-state index contributed by atoms with van der Waals surface area (Å²) in [6.45, 7) is 11.0. The standard InChI is InChI=1S/C15H28O/c1-6-7-13(5)15(16)10-12(4)8-9-14(15)11(2)3/h6-7,11-14,16H,8-10H2,1-5H3/b7-6-/t12-,13?,14+,15-/m1/s1. The summed E-state index contributed by atoms with van der Waals surface area (Å²) in [5.41, 5.74) is -0.488. The van der Waals surface area contributed by atoms with E-state index in [9.17, 15) is 5.11 Å². The summed E-state index contributed by atoms with van der Waals surface area (Å²) in [5, 5.41) is 11.0. The van der Waals surface area contributed by atoms with Gasteiger partial charge in [-0.05, 0) is 37.5 Å². The molecule has 0 aromatic heterocycles. The molecule has 1 nitrogen and oxygen atoms in total. The normalized spacial score (nSPS) is 38.2. The predicted octanol–water partition coefficient (Wildman–Crippen LogP) is 4.02. The second-order valence-corrected chi connectivity index (χ2v) is 6.04. The largest absolute Gasteiger partial charge is 0.389 e. The molecule has 0 saturated heterocycles. The molecule has 1 fully saturated rings. The van der Waals surface area contributed by atoms with Crippen molar-refractivity contribution in [3.05, 3.63) is 12.2 Å². The number of aliphatic hydroxyl groups is 1. The molecule has 1 unspecified atom stereocenters. The Balaban J connectivity index is 2.91. The quantitative estimate of drug-likeness (QED) is 0.718. The maximum atomic E-state index is 11.0. The molecule has 0 amide bonds. The SMILES string of the molecule is C/C=C\C(C)[C@]1(O)C[C@H](C)CC[C@H]1C(C)C. The first-order valence-electron chi connectivity index (χ1n) is 6.77. The van der Waals surface area contributed by atoms with Gasteiger partial charge in [0, 0.05) is 5.92 Å². The van der Waals surface area contributed by atoms with Crippen LogP contribution in [0.5, 0.6) is 0 Å². The molecule has 1 N–H and O–H groups in total. The second-order valence-electron chi connectivity index (χ2n) is 6.04. The molecule has 0 aliphatic heterocycles. The zero-order chi connectivity index (χ0) is 12.3. The summed E-state index contributed by atoms with van der Waals surface area (Å²) in [6.07, 6.45) is 7.64. The molecule has 1 rings (SSSR count). The van der Waals surface area contributed by atoms with E-state index in [1.807, 2.05) is 6.92 Å². The van der Waals surface area contributed by atoms with Gasteiger partial charge < -0.3 is 5.11 Å². The highest BCUT2D eigenvalue weighted by Crippen LogP contribution is 2.45. The van der Waals surface area contributed by atoms with E-state index in [0.29, 0.717) is 17.8 Å². The Labute approximate surface area is 101 Å². The fourth-order valence-electron chi connectivity index (χ4n) is 3.42. The first kappa shape index (κ1) is 13.8. The lowest BCUT2D eigenvalue weighted by Gasteiger charge is -2.47. The molecule has 94 valence electrons. The van der Waals surface area contributed by atoms with Crippen LogP contribution in [0.25, 0.3) is 0 Å². The molecule has 1 saturated carbocycles. The van der Waals surface area contributed by atoms with Crippen LogP contribution in [0, 0.1) is 23.7 Å². The zero-order valence-corrected chi connectivity index (χ0v) is 11.5. The minimum Gasteiger partial charge on any atom is -0.389 e. The molecule has 0 radical (unpaired) electrons. The van der Waals surface area contributed by atoms with Crippen LogP contribution in [0.3, 0.4) is 0 Å². The van der Waals surface area contributed by atoms with Gasteiger partial charge in [-0.15, -0.1) is 0 Å². The third kappa shape index (κ3) is 2.68. The topological polar surface area (TPSA) is 20.2 Å². The third-order valence-electron chi connectivity index (χ3n) is 4.36. The van der Waals surface area contributed by atoms with Gasteiger partial charge in [-0.3, -0.25) is 0 Å². The van der Waals surface area contributed by atoms with Gasteiger partial charge in [0.05, 0.1) is 5.60 Å². The van der Waals surface area contributed by atoms with E-state index in [0.717, 1.165) is 6.42 Å². The lowest BCUT2D eigenvalue weighted by Crippen LogP contribution is -2.49. The Morgan fingerprint density at radius 1 is 1.25 bits per heavy atom. The van der Waals surface area contributed by atoms with E-state index in [1.165, 1.54) is 12.8 Å². The van der Waals surface area contributed by atoms with E-state index in [2.05, 4.69) is 39.8 Å². The lowest BCUT2D eigenvalue weighted by molar-refractivity contribution is -0.105. The molecule has 4 atom stereocenters. The Hall–Kier alpha value is -0.300. The van der Waals surface area contributed by atoms with Crippen LogP contribution in [0.4, 0.5) is 0 Å². The fourth-order valence-corrected chi connectivity index (χ4v) is 3.42. The van der Waals surface area contributed by atoms with Crippen LogP contribution in [-0.4, -0.2) is 10.7 Å². The number of allylic oxidation sites excluding steroid dienone is 1. The zero-order valence-electron chi connectivity index (χ0n) is 11.5. The average molecular weight is 224 g/mol. The molecular weight excluding hydrogens is 196 g/mol. The smallest absolute Gasteiger partial charge is 0.0740 e. The summed E-state index contributed by atoms with van der Waals surface area (Å²) in [4.78, 5) is 0. The molecular formula is C15H28O. The number of hydrogen-bond acceptors (Lipinski definition) is 1. The van der Waals surface area contributed by atoms with Crippen molar-refractivity contribution in [2.45, 2.75) is 59.5 Å². The van der Waals surface area contributed by atoms with E-state index >= 15 is 0 Å². The van der Waals surface area contributed by atoms with E-state index in [4.69, 9.17) is 0 Å². The minimum absolute atomic E-state index is 0.271. The maximum absolute atomic E-state index is 11.0. The lowest BCUT2D eigenvalue weighted by atomic mass is 9.62. The monoisotopic (exact) mass is 224 g/mol. The molecule has 0 aromatic rings. The Kier molecular flexibility index (Phi) is 4.61. The summed E-state index contributed by atoms with van der Waals surface area (Å²) >= 11 is 0. The highest BCUT2D eigenvalue weighted by Gasteiger charge is 2.45. The van der Waals surface area contributed by atoms with Gasteiger partial charge in [0.25, 0.3) is 0 Å². The van der Waals surface area contributed by atoms with Crippen molar-refractivity contribution >= 4 is 0 Å². The number of hydrogen-bond donors (Lipinski definition) is 1. The summed E-state index contributed by atoms with van der Waals surface area (Å²) in [6, 6.07) is 0. The van der Waals surface area contributed by atoms with Crippen molar-refractivity contribution in [1.82, 2.24) is 0 Å². The summed E-state index contributed by atoms with van der Waals surface area (Å²) in [7, 11) is 0. The van der Waals surface area contributed by atoms with Crippen LogP contribution in [0.2, 0.25) is 0 Å². The van der Waals surface area contributed by atoms with E-state index < -0.39 is 5.60 Å². The summed E-state index contributed by atoms with van der Waals surface area (Å²) < 4.78 is 0. The molecule has 1 aliphatic rings. The van der Waals surface area contributed by atoms with Gasteiger partial charge in [-0.25, -0.2) is 0 Å². The Morgan fingerprint density at radius 3 is 2.38 bits per heavy atom. The van der Waals surface area contributed by atoms with Crippen molar-refractivity contribution in [2.24, 2.45) is 23.7 Å². The van der Waals surface area contributed by atoms with Crippen LogP contribution in [0.15, 0.2) is 12.2 Å². The Bertz CT molecular complexity index is 244. The van der Waals surface area contributed by atoms with Gasteiger partial charge >= 0.3 is 0 Å². The first-order valence-corrected chi connectivity index (χ1v) is 6.77. The van der Waals surface area contributed by atoms with Crippen LogP contribution in [-0.2, 0) is 0 Å². The van der Waals surface area contributed by atoms with Crippen molar-refractivity contribution in [3.63, 3.8) is 0 Å². The van der Waals surface area contributed by atoms with Gasteiger partial charge in [-0.1, -0.05) is 46.3 Å². The molecule has 1 aliphatic carbocycles. The number of rotatable bonds is 3. The van der Waals surface area contributed by atoms with Crippen LogP contribution in [0.1, 0.15) is 53.9 Å². The average Bonchev–Trinajstić information content (AvgIpc) is 2.17. The van der Waals surface area contributed by atoms with Gasteiger partial charge in [0.2, 0.25) is 0 Å². The highest BCUT2D eigenvalue weighted by molar-refractivity contribution is 5.03.